The zero-order valence-electron chi connectivity index (χ0n) is 11.3. The number of thioether (sulfide) groups is 1. The number of carbonyl (C=O) groups excluding carboxylic acids is 1. The second kappa shape index (κ2) is 6.77. The van der Waals surface area contributed by atoms with Gasteiger partial charge in [0.15, 0.2) is 0 Å². The number of rotatable bonds is 3. The number of carbonyl (C=O) groups is 1. The molecule has 1 saturated heterocycles. The zero-order valence-corrected chi connectivity index (χ0v) is 13.7. The first-order valence-electron chi connectivity index (χ1n) is 6.44. The monoisotopic (exact) mass is 342 g/mol. The van der Waals surface area contributed by atoms with Crippen molar-refractivity contribution in [2.45, 2.75) is 26.3 Å². The summed E-state index contributed by atoms with van der Waals surface area (Å²) in [6.45, 7) is 5.03. The molecule has 5 heteroatoms. The molecular weight excluding hydrogens is 324 g/mol. The number of amides is 1. The second-order valence-corrected chi connectivity index (χ2v) is 6.96. The number of benzene rings is 1. The van der Waals surface area contributed by atoms with E-state index in [0.717, 1.165) is 39.3 Å². The van der Waals surface area contributed by atoms with E-state index in [9.17, 15) is 4.79 Å². The summed E-state index contributed by atoms with van der Waals surface area (Å²) in [5.74, 6) is 2.25. The smallest absolute Gasteiger partial charge is 0.225 e. The number of halogens is 1. The van der Waals surface area contributed by atoms with Gasteiger partial charge in [-0.05, 0) is 37.1 Å². The standard InChI is InChI=1S/C14H19BrN2OS/c1-9-5-11(15)6-10(2)14(9)17-13(18)7-12-8-19-4-3-16-12/h5-6,12,16H,3-4,7-8H2,1-2H3,(H,17,18). The fourth-order valence-corrected chi connectivity index (χ4v) is 3.91. The van der Waals surface area contributed by atoms with Gasteiger partial charge in [-0.15, -0.1) is 0 Å². The summed E-state index contributed by atoms with van der Waals surface area (Å²) in [6, 6.07) is 4.35. The number of aryl methyl sites for hydroxylation is 2. The van der Waals surface area contributed by atoms with Crippen LogP contribution in [0.5, 0.6) is 0 Å². The van der Waals surface area contributed by atoms with E-state index in [2.05, 4.69) is 26.6 Å². The first kappa shape index (κ1) is 14.9. The number of hydrogen-bond acceptors (Lipinski definition) is 3. The summed E-state index contributed by atoms with van der Waals surface area (Å²) in [5, 5.41) is 6.43. The van der Waals surface area contributed by atoms with Crippen LogP contribution in [0.25, 0.3) is 0 Å². The summed E-state index contributed by atoms with van der Waals surface area (Å²) in [6.07, 6.45) is 0.544. The Hall–Kier alpha value is -0.520. The second-order valence-electron chi connectivity index (χ2n) is 4.89. The maximum Gasteiger partial charge on any atom is 0.225 e. The van der Waals surface area contributed by atoms with Crippen molar-refractivity contribution in [1.82, 2.24) is 5.32 Å². The third kappa shape index (κ3) is 4.23. The average molecular weight is 343 g/mol. The first-order valence-corrected chi connectivity index (χ1v) is 8.39. The number of nitrogens with one attached hydrogen (secondary N) is 2. The molecule has 1 aromatic rings. The van der Waals surface area contributed by atoms with E-state index in [-0.39, 0.29) is 5.91 Å². The van der Waals surface area contributed by atoms with Crippen molar-refractivity contribution in [3.8, 4) is 0 Å². The maximum absolute atomic E-state index is 12.1. The molecule has 1 heterocycles. The van der Waals surface area contributed by atoms with Crippen LogP contribution in [0.3, 0.4) is 0 Å². The lowest BCUT2D eigenvalue weighted by molar-refractivity contribution is -0.116. The fraction of sp³-hybridized carbons (Fsp3) is 0.500. The van der Waals surface area contributed by atoms with Crippen molar-refractivity contribution in [3.05, 3.63) is 27.7 Å². The normalized spacial score (nSPS) is 19.2. The summed E-state index contributed by atoms with van der Waals surface area (Å²) < 4.78 is 1.05. The summed E-state index contributed by atoms with van der Waals surface area (Å²) >= 11 is 5.38. The highest BCUT2D eigenvalue weighted by Gasteiger charge is 2.17. The molecule has 2 N–H and O–H groups in total. The van der Waals surface area contributed by atoms with Gasteiger partial charge in [-0.25, -0.2) is 0 Å². The quantitative estimate of drug-likeness (QED) is 0.886. The van der Waals surface area contributed by atoms with Crippen molar-refractivity contribution in [1.29, 1.82) is 0 Å². The van der Waals surface area contributed by atoms with Crippen LogP contribution in [0.2, 0.25) is 0 Å². The SMILES string of the molecule is Cc1cc(Br)cc(C)c1NC(=O)CC1CSCCN1. The van der Waals surface area contributed by atoms with Crippen LogP contribution in [0.4, 0.5) is 5.69 Å². The van der Waals surface area contributed by atoms with Crippen LogP contribution in [0.1, 0.15) is 17.5 Å². The van der Waals surface area contributed by atoms with E-state index >= 15 is 0 Å². The molecular formula is C14H19BrN2OS. The molecule has 1 unspecified atom stereocenters. The highest BCUT2D eigenvalue weighted by Crippen LogP contribution is 2.25. The Balaban J connectivity index is 1.98. The summed E-state index contributed by atoms with van der Waals surface area (Å²) in [7, 11) is 0. The molecule has 1 amide bonds. The molecule has 0 aliphatic carbocycles. The van der Waals surface area contributed by atoms with Crippen LogP contribution in [-0.2, 0) is 4.79 Å². The molecule has 0 aromatic heterocycles. The lowest BCUT2D eigenvalue weighted by atomic mass is 10.1. The Labute approximate surface area is 127 Å². The lowest BCUT2D eigenvalue weighted by Crippen LogP contribution is -2.40. The number of anilines is 1. The first-order chi connectivity index (χ1) is 9.06. The van der Waals surface area contributed by atoms with Crippen LogP contribution >= 0.6 is 27.7 Å². The van der Waals surface area contributed by atoms with Gasteiger partial charge in [0.25, 0.3) is 0 Å². The maximum atomic E-state index is 12.1. The van der Waals surface area contributed by atoms with Gasteiger partial charge in [-0.3, -0.25) is 4.79 Å². The lowest BCUT2D eigenvalue weighted by Gasteiger charge is -2.23. The predicted molar refractivity (Wildman–Crippen MR) is 86.0 cm³/mol. The van der Waals surface area contributed by atoms with Crippen molar-refractivity contribution >= 4 is 39.3 Å². The summed E-state index contributed by atoms with van der Waals surface area (Å²) in [5.41, 5.74) is 3.12. The van der Waals surface area contributed by atoms with Gasteiger partial charge in [0.05, 0.1) is 0 Å². The Bertz CT molecular complexity index is 450. The molecule has 0 bridgehead atoms. The predicted octanol–water partition coefficient (Wildman–Crippen LogP) is 3.10. The Morgan fingerprint density at radius 2 is 2.16 bits per heavy atom. The van der Waals surface area contributed by atoms with Gasteiger partial charge in [0, 0.05) is 40.7 Å². The van der Waals surface area contributed by atoms with Crippen LogP contribution in [-0.4, -0.2) is 30.0 Å². The minimum absolute atomic E-state index is 0.0912. The number of hydrogen-bond donors (Lipinski definition) is 2. The molecule has 0 radical (unpaired) electrons. The van der Waals surface area contributed by atoms with E-state index in [1.54, 1.807) is 0 Å². The largest absolute Gasteiger partial charge is 0.326 e. The molecule has 1 fully saturated rings. The molecule has 19 heavy (non-hydrogen) atoms. The molecule has 2 rings (SSSR count). The Kier molecular flexibility index (Phi) is 5.30. The van der Waals surface area contributed by atoms with Gasteiger partial charge >= 0.3 is 0 Å². The molecule has 104 valence electrons. The third-order valence-electron chi connectivity index (χ3n) is 3.19. The van der Waals surface area contributed by atoms with Crippen LogP contribution in [0, 0.1) is 13.8 Å². The van der Waals surface area contributed by atoms with E-state index in [4.69, 9.17) is 0 Å². The summed E-state index contributed by atoms with van der Waals surface area (Å²) in [4.78, 5) is 12.1. The topological polar surface area (TPSA) is 41.1 Å². The van der Waals surface area contributed by atoms with E-state index in [0.29, 0.717) is 12.5 Å². The molecule has 0 saturated carbocycles. The molecule has 1 aliphatic rings. The molecule has 1 aliphatic heterocycles. The minimum atomic E-state index is 0.0912. The van der Waals surface area contributed by atoms with E-state index in [1.165, 1.54) is 0 Å². The van der Waals surface area contributed by atoms with Gasteiger partial charge in [-0.2, -0.15) is 11.8 Å². The van der Waals surface area contributed by atoms with Crippen molar-refractivity contribution in [3.63, 3.8) is 0 Å². The molecule has 1 atom stereocenters. The fourth-order valence-electron chi connectivity index (χ4n) is 2.27. The Morgan fingerprint density at radius 1 is 1.47 bits per heavy atom. The van der Waals surface area contributed by atoms with Crippen LogP contribution in [0.15, 0.2) is 16.6 Å². The molecule has 1 aromatic carbocycles. The van der Waals surface area contributed by atoms with Gasteiger partial charge in [-0.1, -0.05) is 15.9 Å². The van der Waals surface area contributed by atoms with Crippen molar-refractivity contribution < 1.29 is 4.79 Å². The van der Waals surface area contributed by atoms with E-state index in [1.807, 2.05) is 37.7 Å². The van der Waals surface area contributed by atoms with Crippen LogP contribution < -0.4 is 10.6 Å². The average Bonchev–Trinajstić information content (AvgIpc) is 2.35. The van der Waals surface area contributed by atoms with Gasteiger partial charge < -0.3 is 10.6 Å². The van der Waals surface area contributed by atoms with Gasteiger partial charge in [0.1, 0.15) is 0 Å². The minimum Gasteiger partial charge on any atom is -0.326 e. The van der Waals surface area contributed by atoms with Crippen molar-refractivity contribution in [2.24, 2.45) is 0 Å². The zero-order chi connectivity index (χ0) is 13.8. The van der Waals surface area contributed by atoms with Crippen molar-refractivity contribution in [2.75, 3.05) is 23.4 Å². The third-order valence-corrected chi connectivity index (χ3v) is 4.78. The highest BCUT2D eigenvalue weighted by molar-refractivity contribution is 9.10. The molecule has 0 spiro atoms. The highest BCUT2D eigenvalue weighted by atomic mass is 79.9. The Morgan fingerprint density at radius 3 is 2.74 bits per heavy atom. The van der Waals surface area contributed by atoms with Gasteiger partial charge in [0.2, 0.25) is 5.91 Å². The molecule has 3 nitrogen and oxygen atoms in total. The van der Waals surface area contributed by atoms with E-state index < -0.39 is 0 Å².